The van der Waals surface area contributed by atoms with Crippen LogP contribution in [0.5, 0.6) is 0 Å². The molecule has 0 spiro atoms. The minimum atomic E-state index is 0.877. The van der Waals surface area contributed by atoms with Crippen LogP contribution in [-0.2, 0) is 0 Å². The summed E-state index contributed by atoms with van der Waals surface area (Å²) < 4.78 is 0. The second-order valence-corrected chi connectivity index (χ2v) is 3.51. The van der Waals surface area contributed by atoms with Gasteiger partial charge in [0, 0.05) is 0 Å². The van der Waals surface area contributed by atoms with Gasteiger partial charge >= 0.3 is 0 Å². The maximum absolute atomic E-state index is 3.45. The van der Waals surface area contributed by atoms with Gasteiger partial charge in [0.2, 0.25) is 0 Å². The lowest BCUT2D eigenvalue weighted by Crippen LogP contribution is -2.21. The molecule has 0 aliphatic heterocycles. The zero-order valence-corrected chi connectivity index (χ0v) is 8.82. The van der Waals surface area contributed by atoms with Gasteiger partial charge in [-0.15, -0.1) is 0 Å². The molecule has 0 aliphatic carbocycles. The first-order valence-corrected chi connectivity index (χ1v) is 5.16. The molecule has 0 amide bonds. The summed E-state index contributed by atoms with van der Waals surface area (Å²) in [4.78, 5) is 0. The Hall–Kier alpha value is -0.0800. The Morgan fingerprint density at radius 2 is 1.92 bits per heavy atom. The summed E-state index contributed by atoms with van der Waals surface area (Å²) in [5.41, 5.74) is 0. The van der Waals surface area contributed by atoms with E-state index in [1.807, 2.05) is 7.05 Å². The van der Waals surface area contributed by atoms with E-state index in [2.05, 4.69) is 24.5 Å². The third-order valence-electron chi connectivity index (χ3n) is 2.29. The van der Waals surface area contributed by atoms with Crippen molar-refractivity contribution in [2.75, 3.05) is 26.7 Å². The summed E-state index contributed by atoms with van der Waals surface area (Å²) in [6.07, 6.45) is 3.85. The van der Waals surface area contributed by atoms with Gasteiger partial charge in [-0.3, -0.25) is 0 Å². The maximum atomic E-state index is 3.45. The molecule has 0 saturated carbocycles. The molecule has 0 saturated heterocycles. The van der Waals surface area contributed by atoms with Crippen molar-refractivity contribution in [2.45, 2.75) is 33.1 Å². The predicted molar refractivity (Wildman–Crippen MR) is 55.5 cm³/mol. The Balaban J connectivity index is 2.90. The summed E-state index contributed by atoms with van der Waals surface area (Å²) in [5.74, 6) is 0.877. The summed E-state index contributed by atoms with van der Waals surface area (Å²) in [6, 6.07) is 0. The highest BCUT2D eigenvalue weighted by atomic mass is 14.9. The fourth-order valence-electron chi connectivity index (χ4n) is 1.07. The fraction of sp³-hybridized carbons (Fsp3) is 1.00. The summed E-state index contributed by atoms with van der Waals surface area (Å²) in [6.45, 7) is 8.02. The number of hydrogen-bond acceptors (Lipinski definition) is 2. The van der Waals surface area contributed by atoms with Crippen molar-refractivity contribution in [3.8, 4) is 0 Å². The third-order valence-corrected chi connectivity index (χ3v) is 2.29. The molecule has 1 unspecified atom stereocenters. The van der Waals surface area contributed by atoms with Gasteiger partial charge in [-0.2, -0.15) is 0 Å². The Morgan fingerprint density at radius 1 is 1.17 bits per heavy atom. The molecule has 2 N–H and O–H groups in total. The van der Waals surface area contributed by atoms with E-state index in [9.17, 15) is 0 Å². The molecule has 1 atom stereocenters. The van der Waals surface area contributed by atoms with Crippen molar-refractivity contribution in [1.82, 2.24) is 10.6 Å². The molecule has 0 aliphatic rings. The van der Waals surface area contributed by atoms with Crippen molar-refractivity contribution >= 4 is 0 Å². The minimum absolute atomic E-state index is 0.877. The van der Waals surface area contributed by atoms with Crippen LogP contribution >= 0.6 is 0 Å². The van der Waals surface area contributed by atoms with Crippen molar-refractivity contribution < 1.29 is 0 Å². The third kappa shape index (κ3) is 8.02. The first-order valence-electron chi connectivity index (χ1n) is 5.16. The van der Waals surface area contributed by atoms with E-state index in [-0.39, 0.29) is 0 Å². The van der Waals surface area contributed by atoms with Crippen LogP contribution in [0.15, 0.2) is 0 Å². The standard InChI is InChI=1S/C10H24N2/c1-4-10(2)6-9-12-8-5-7-11-3/h10-12H,4-9H2,1-3H3. The number of rotatable bonds is 8. The lowest BCUT2D eigenvalue weighted by molar-refractivity contribution is 0.484. The van der Waals surface area contributed by atoms with Crippen LogP contribution in [0.2, 0.25) is 0 Å². The van der Waals surface area contributed by atoms with E-state index in [0.29, 0.717) is 0 Å². The molecule has 0 fully saturated rings. The Kier molecular flexibility index (Phi) is 8.95. The normalized spacial score (nSPS) is 13.2. The van der Waals surface area contributed by atoms with Crippen molar-refractivity contribution in [3.05, 3.63) is 0 Å². The summed E-state index contributed by atoms with van der Waals surface area (Å²) in [5, 5.41) is 6.58. The molecular weight excluding hydrogens is 148 g/mol. The molecule has 0 bridgehead atoms. The number of hydrogen-bond donors (Lipinski definition) is 2. The topological polar surface area (TPSA) is 24.1 Å². The smallest absolute Gasteiger partial charge is 0.00368 e. The highest BCUT2D eigenvalue weighted by Crippen LogP contribution is 2.03. The molecule has 0 aromatic heterocycles. The molecule has 0 aromatic carbocycles. The molecule has 0 aromatic rings. The average molecular weight is 172 g/mol. The zero-order valence-electron chi connectivity index (χ0n) is 8.82. The van der Waals surface area contributed by atoms with Crippen LogP contribution in [0.3, 0.4) is 0 Å². The summed E-state index contributed by atoms with van der Waals surface area (Å²) in [7, 11) is 2.00. The van der Waals surface area contributed by atoms with Gasteiger partial charge in [0.25, 0.3) is 0 Å². The van der Waals surface area contributed by atoms with Crippen molar-refractivity contribution in [1.29, 1.82) is 0 Å². The lowest BCUT2D eigenvalue weighted by atomic mass is 10.1. The highest BCUT2D eigenvalue weighted by molar-refractivity contribution is 4.54. The molecule has 0 radical (unpaired) electrons. The van der Waals surface area contributed by atoms with Crippen LogP contribution < -0.4 is 10.6 Å². The summed E-state index contributed by atoms with van der Waals surface area (Å²) >= 11 is 0. The first kappa shape index (κ1) is 11.9. The van der Waals surface area contributed by atoms with Crippen molar-refractivity contribution in [3.63, 3.8) is 0 Å². The molecular formula is C10H24N2. The van der Waals surface area contributed by atoms with Gasteiger partial charge in [-0.1, -0.05) is 20.3 Å². The highest BCUT2D eigenvalue weighted by Gasteiger charge is 1.96. The lowest BCUT2D eigenvalue weighted by Gasteiger charge is -2.08. The Labute approximate surface area is 77.1 Å². The van der Waals surface area contributed by atoms with Crippen LogP contribution in [0.25, 0.3) is 0 Å². The van der Waals surface area contributed by atoms with E-state index >= 15 is 0 Å². The van der Waals surface area contributed by atoms with E-state index in [4.69, 9.17) is 0 Å². The first-order chi connectivity index (χ1) is 5.81. The largest absolute Gasteiger partial charge is 0.320 e. The Bertz CT molecular complexity index is 83.9. The average Bonchev–Trinajstić information content (AvgIpc) is 2.10. The molecule has 2 heteroatoms. The van der Waals surface area contributed by atoms with Crippen molar-refractivity contribution in [2.24, 2.45) is 5.92 Å². The predicted octanol–water partition coefficient (Wildman–Crippen LogP) is 1.62. The molecule has 12 heavy (non-hydrogen) atoms. The van der Waals surface area contributed by atoms with E-state index < -0.39 is 0 Å². The van der Waals surface area contributed by atoms with Crippen LogP contribution in [0, 0.1) is 5.92 Å². The Morgan fingerprint density at radius 3 is 2.50 bits per heavy atom. The van der Waals surface area contributed by atoms with E-state index in [1.165, 1.54) is 25.8 Å². The van der Waals surface area contributed by atoms with Gasteiger partial charge in [-0.25, -0.2) is 0 Å². The quantitative estimate of drug-likeness (QED) is 0.544. The van der Waals surface area contributed by atoms with Gasteiger partial charge in [0.1, 0.15) is 0 Å². The fourth-order valence-corrected chi connectivity index (χ4v) is 1.07. The maximum Gasteiger partial charge on any atom is -0.00368 e. The minimum Gasteiger partial charge on any atom is -0.320 e. The van der Waals surface area contributed by atoms with E-state index in [1.54, 1.807) is 0 Å². The second-order valence-electron chi connectivity index (χ2n) is 3.51. The zero-order chi connectivity index (χ0) is 9.23. The van der Waals surface area contributed by atoms with E-state index in [0.717, 1.165) is 19.0 Å². The SMILES string of the molecule is CCC(C)CCNCCCNC. The van der Waals surface area contributed by atoms with Crippen LogP contribution in [0.1, 0.15) is 33.1 Å². The van der Waals surface area contributed by atoms with Gasteiger partial charge in [-0.05, 0) is 45.4 Å². The monoisotopic (exact) mass is 172 g/mol. The molecule has 0 rings (SSSR count). The van der Waals surface area contributed by atoms with Crippen LogP contribution in [-0.4, -0.2) is 26.7 Å². The molecule has 0 heterocycles. The number of nitrogens with one attached hydrogen (secondary N) is 2. The van der Waals surface area contributed by atoms with Gasteiger partial charge < -0.3 is 10.6 Å². The van der Waals surface area contributed by atoms with Gasteiger partial charge in [0.15, 0.2) is 0 Å². The second kappa shape index (κ2) is 9.01. The molecule has 2 nitrogen and oxygen atoms in total. The van der Waals surface area contributed by atoms with Gasteiger partial charge in [0.05, 0.1) is 0 Å². The van der Waals surface area contributed by atoms with Crippen LogP contribution in [0.4, 0.5) is 0 Å². The molecule has 74 valence electrons.